The van der Waals surface area contributed by atoms with E-state index in [4.69, 9.17) is 5.73 Å². The molecule has 0 aliphatic rings. The summed E-state index contributed by atoms with van der Waals surface area (Å²) < 4.78 is 2.88. The number of aromatic nitrogens is 3. The summed E-state index contributed by atoms with van der Waals surface area (Å²) in [4.78, 5) is 5.51. The van der Waals surface area contributed by atoms with Gasteiger partial charge in [0.1, 0.15) is 5.82 Å². The highest BCUT2D eigenvalue weighted by atomic mass is 79.9. The topological polar surface area (TPSA) is 56.7 Å². The van der Waals surface area contributed by atoms with E-state index in [-0.39, 0.29) is 0 Å². The van der Waals surface area contributed by atoms with Gasteiger partial charge in [0, 0.05) is 13.5 Å². The Morgan fingerprint density at radius 3 is 2.93 bits per heavy atom. The van der Waals surface area contributed by atoms with Crippen molar-refractivity contribution in [3.63, 3.8) is 0 Å². The quantitative estimate of drug-likeness (QED) is 0.936. The lowest BCUT2D eigenvalue weighted by molar-refractivity contribution is 0.697. The van der Waals surface area contributed by atoms with Gasteiger partial charge in [0.15, 0.2) is 5.82 Å². The number of thiophene rings is 1. The molecule has 2 rings (SSSR count). The van der Waals surface area contributed by atoms with E-state index in [2.05, 4.69) is 26.0 Å². The molecule has 0 saturated carbocycles. The van der Waals surface area contributed by atoms with Crippen LogP contribution in [0.3, 0.4) is 0 Å². The van der Waals surface area contributed by atoms with Gasteiger partial charge in [-0.15, -0.1) is 11.3 Å². The van der Waals surface area contributed by atoms with E-state index in [1.54, 1.807) is 16.0 Å². The second-order valence-corrected chi connectivity index (χ2v) is 5.58. The molecule has 2 aromatic heterocycles. The van der Waals surface area contributed by atoms with E-state index < -0.39 is 0 Å². The summed E-state index contributed by atoms with van der Waals surface area (Å²) in [6.07, 6.45) is 0.760. The second-order valence-electron chi connectivity index (χ2n) is 3.12. The highest BCUT2D eigenvalue weighted by molar-refractivity contribution is 9.11. The molecule has 0 aromatic carbocycles. The number of hydrogen-bond acceptors (Lipinski definition) is 4. The third-order valence-corrected chi connectivity index (χ3v) is 3.63. The standard InChI is InChI=1S/C9H11BrN4S/c1-14-8(4-5-11)12-9(13-14)6-2-3-7(10)15-6/h2-3H,4-5,11H2,1H3. The van der Waals surface area contributed by atoms with Gasteiger partial charge in [-0.3, -0.25) is 4.68 Å². The summed E-state index contributed by atoms with van der Waals surface area (Å²) in [5.41, 5.74) is 5.50. The number of nitrogens with zero attached hydrogens (tertiary/aromatic N) is 3. The van der Waals surface area contributed by atoms with Crippen molar-refractivity contribution < 1.29 is 0 Å². The molecule has 2 N–H and O–H groups in total. The predicted octanol–water partition coefficient (Wildman–Crippen LogP) is 1.81. The number of hydrogen-bond donors (Lipinski definition) is 1. The van der Waals surface area contributed by atoms with Crippen LogP contribution in [0.15, 0.2) is 15.9 Å². The Hall–Kier alpha value is -0.720. The van der Waals surface area contributed by atoms with E-state index >= 15 is 0 Å². The van der Waals surface area contributed by atoms with Crippen molar-refractivity contribution in [2.24, 2.45) is 12.8 Å². The first-order valence-corrected chi connectivity index (χ1v) is 6.17. The van der Waals surface area contributed by atoms with Crippen molar-refractivity contribution in [1.82, 2.24) is 14.8 Å². The van der Waals surface area contributed by atoms with Gasteiger partial charge < -0.3 is 5.73 Å². The summed E-state index contributed by atoms with van der Waals surface area (Å²) in [6.45, 7) is 0.597. The SMILES string of the molecule is Cn1nc(-c2ccc(Br)s2)nc1CCN. The number of rotatable bonds is 3. The maximum Gasteiger partial charge on any atom is 0.191 e. The molecule has 2 heterocycles. The molecule has 0 saturated heterocycles. The van der Waals surface area contributed by atoms with Gasteiger partial charge in [0.2, 0.25) is 0 Å². The molecule has 0 radical (unpaired) electrons. The predicted molar refractivity (Wildman–Crippen MR) is 64.8 cm³/mol. The molecule has 0 aliphatic heterocycles. The minimum absolute atomic E-state index is 0.597. The molecule has 15 heavy (non-hydrogen) atoms. The monoisotopic (exact) mass is 286 g/mol. The van der Waals surface area contributed by atoms with Gasteiger partial charge >= 0.3 is 0 Å². The van der Waals surface area contributed by atoms with E-state index in [0.717, 1.165) is 26.7 Å². The number of nitrogens with two attached hydrogens (primary N) is 1. The van der Waals surface area contributed by atoms with Gasteiger partial charge in [-0.25, -0.2) is 4.98 Å². The molecule has 0 amide bonds. The summed E-state index contributed by atoms with van der Waals surface area (Å²) in [5, 5.41) is 4.35. The maximum absolute atomic E-state index is 5.50. The van der Waals surface area contributed by atoms with Crippen LogP contribution in [-0.2, 0) is 13.5 Å². The zero-order chi connectivity index (χ0) is 10.8. The van der Waals surface area contributed by atoms with Crippen molar-refractivity contribution in [2.75, 3.05) is 6.54 Å². The lowest BCUT2D eigenvalue weighted by atomic mass is 10.4. The fraction of sp³-hybridized carbons (Fsp3) is 0.333. The largest absolute Gasteiger partial charge is 0.330 e. The second kappa shape index (κ2) is 4.42. The molecule has 0 aliphatic carbocycles. The van der Waals surface area contributed by atoms with Gasteiger partial charge in [-0.2, -0.15) is 5.10 Å². The molecule has 0 spiro atoms. The Balaban J connectivity index is 2.33. The first-order valence-electron chi connectivity index (χ1n) is 4.56. The van der Waals surface area contributed by atoms with Crippen LogP contribution in [0.25, 0.3) is 10.7 Å². The lowest BCUT2D eigenvalue weighted by Gasteiger charge is -1.93. The minimum Gasteiger partial charge on any atom is -0.330 e. The molecular weight excluding hydrogens is 276 g/mol. The van der Waals surface area contributed by atoms with E-state index in [1.807, 2.05) is 19.2 Å². The molecule has 6 heteroatoms. The van der Waals surface area contributed by atoms with Crippen molar-refractivity contribution in [2.45, 2.75) is 6.42 Å². The molecule has 0 unspecified atom stereocenters. The number of aryl methyl sites for hydroxylation is 1. The summed E-state index contributed by atoms with van der Waals surface area (Å²) in [5.74, 6) is 1.70. The van der Waals surface area contributed by atoms with Crippen molar-refractivity contribution in [3.8, 4) is 10.7 Å². The van der Waals surface area contributed by atoms with Crippen molar-refractivity contribution in [1.29, 1.82) is 0 Å². The Kier molecular flexibility index (Phi) is 3.18. The summed E-state index contributed by atoms with van der Waals surface area (Å²) >= 11 is 5.05. The normalized spacial score (nSPS) is 10.9. The van der Waals surface area contributed by atoms with E-state index in [0.29, 0.717) is 6.54 Å². The van der Waals surface area contributed by atoms with Crippen LogP contribution < -0.4 is 5.73 Å². The lowest BCUT2D eigenvalue weighted by Crippen LogP contribution is -2.08. The summed E-state index contributed by atoms with van der Waals surface area (Å²) in [6, 6.07) is 4.01. The fourth-order valence-electron chi connectivity index (χ4n) is 1.30. The Morgan fingerprint density at radius 1 is 1.53 bits per heavy atom. The van der Waals surface area contributed by atoms with Crippen LogP contribution in [0.5, 0.6) is 0 Å². The van der Waals surface area contributed by atoms with Gasteiger partial charge in [-0.05, 0) is 34.6 Å². The first kappa shape index (κ1) is 10.8. The molecule has 0 fully saturated rings. The molecule has 4 nitrogen and oxygen atoms in total. The van der Waals surface area contributed by atoms with Crippen LogP contribution in [0.4, 0.5) is 0 Å². The maximum atomic E-state index is 5.50. The first-order chi connectivity index (χ1) is 7.20. The van der Waals surface area contributed by atoms with Crippen molar-refractivity contribution >= 4 is 27.3 Å². The highest BCUT2D eigenvalue weighted by Crippen LogP contribution is 2.29. The van der Waals surface area contributed by atoms with Crippen LogP contribution in [0.1, 0.15) is 5.82 Å². The smallest absolute Gasteiger partial charge is 0.191 e. The average Bonchev–Trinajstić information content (AvgIpc) is 2.75. The van der Waals surface area contributed by atoms with E-state index in [9.17, 15) is 0 Å². The Bertz CT molecular complexity index is 462. The van der Waals surface area contributed by atoms with Gasteiger partial charge in [-0.1, -0.05) is 0 Å². The third kappa shape index (κ3) is 2.27. The highest BCUT2D eigenvalue weighted by Gasteiger charge is 2.10. The molecule has 0 bridgehead atoms. The molecule has 2 aromatic rings. The van der Waals surface area contributed by atoms with Gasteiger partial charge in [0.25, 0.3) is 0 Å². The molecular formula is C9H11BrN4S. The Labute approximate surface area is 100 Å². The van der Waals surface area contributed by atoms with Crippen LogP contribution in [-0.4, -0.2) is 21.3 Å². The minimum atomic E-state index is 0.597. The van der Waals surface area contributed by atoms with Crippen LogP contribution in [0.2, 0.25) is 0 Å². The Morgan fingerprint density at radius 2 is 2.33 bits per heavy atom. The van der Waals surface area contributed by atoms with Crippen LogP contribution in [0, 0.1) is 0 Å². The van der Waals surface area contributed by atoms with Crippen LogP contribution >= 0.6 is 27.3 Å². The van der Waals surface area contributed by atoms with Crippen molar-refractivity contribution in [3.05, 3.63) is 21.7 Å². The zero-order valence-corrected chi connectivity index (χ0v) is 10.7. The molecule has 0 atom stereocenters. The van der Waals surface area contributed by atoms with Gasteiger partial charge in [0.05, 0.1) is 8.66 Å². The average molecular weight is 287 g/mol. The molecule has 80 valence electrons. The zero-order valence-electron chi connectivity index (χ0n) is 8.27. The fourth-order valence-corrected chi connectivity index (χ4v) is 2.62. The third-order valence-electron chi connectivity index (χ3n) is 2.01. The number of halogens is 1. The van der Waals surface area contributed by atoms with E-state index in [1.165, 1.54) is 0 Å². The summed E-state index contributed by atoms with van der Waals surface area (Å²) in [7, 11) is 1.89.